The van der Waals surface area contributed by atoms with Crippen LogP contribution in [0.3, 0.4) is 0 Å². The number of hydrogen-bond donors (Lipinski definition) is 0. The quantitative estimate of drug-likeness (QED) is 0.474. The molecule has 0 fully saturated rings. The number of nitrogens with zero attached hydrogens (tertiary/aromatic N) is 1. The lowest BCUT2D eigenvalue weighted by atomic mass is 10.1. The Kier molecular flexibility index (Phi) is 4.70. The minimum atomic E-state index is -4.16. The summed E-state index contributed by atoms with van der Waals surface area (Å²) < 4.78 is 30.4. The fourth-order valence-corrected chi connectivity index (χ4v) is 3.45. The van der Waals surface area contributed by atoms with Crippen LogP contribution in [0.15, 0.2) is 41.3 Å². The van der Waals surface area contributed by atoms with Gasteiger partial charge in [0, 0.05) is 12.1 Å². The minimum absolute atomic E-state index is 0.171. The van der Waals surface area contributed by atoms with Gasteiger partial charge in [0.1, 0.15) is 10.6 Å². The van der Waals surface area contributed by atoms with Crippen LogP contribution in [0.4, 0.5) is 5.69 Å². The molecular formula is C16H17NO5S. The molecule has 2 rings (SSSR count). The second-order valence-electron chi connectivity index (χ2n) is 5.21. The van der Waals surface area contributed by atoms with Crippen molar-refractivity contribution >= 4 is 15.8 Å². The van der Waals surface area contributed by atoms with Crippen LogP contribution in [-0.2, 0) is 16.5 Å². The Balaban J connectivity index is 2.52. The normalized spacial score (nSPS) is 11.3. The molecular weight excluding hydrogens is 318 g/mol. The Labute approximate surface area is 135 Å². The summed E-state index contributed by atoms with van der Waals surface area (Å²) in [6, 6.07) is 9.00. The Hall–Kier alpha value is -2.41. The number of benzene rings is 2. The molecule has 0 amide bonds. The van der Waals surface area contributed by atoms with Crippen LogP contribution in [-0.4, -0.2) is 13.3 Å². The SMILES string of the molecule is CCc1ccc([N+](=O)[O-])cc1S(=O)(=O)Oc1cc(C)ccc1C. The molecule has 2 aromatic carbocycles. The van der Waals surface area contributed by atoms with E-state index in [-0.39, 0.29) is 16.3 Å². The van der Waals surface area contributed by atoms with Crippen LogP contribution in [0.2, 0.25) is 0 Å². The first kappa shape index (κ1) is 17.0. The number of nitro groups is 1. The molecule has 2 aromatic rings. The molecule has 122 valence electrons. The lowest BCUT2D eigenvalue weighted by Crippen LogP contribution is -2.13. The predicted molar refractivity (Wildman–Crippen MR) is 86.2 cm³/mol. The van der Waals surface area contributed by atoms with Gasteiger partial charge >= 0.3 is 10.1 Å². The third kappa shape index (κ3) is 3.68. The fraction of sp³-hybridized carbons (Fsp3) is 0.250. The van der Waals surface area contributed by atoms with Gasteiger partial charge in [-0.3, -0.25) is 10.1 Å². The molecule has 0 saturated carbocycles. The van der Waals surface area contributed by atoms with Gasteiger partial charge < -0.3 is 4.18 Å². The van der Waals surface area contributed by atoms with Crippen molar-refractivity contribution in [2.24, 2.45) is 0 Å². The maximum Gasteiger partial charge on any atom is 0.339 e. The first-order chi connectivity index (χ1) is 10.7. The van der Waals surface area contributed by atoms with Crippen LogP contribution in [0.1, 0.15) is 23.6 Å². The molecule has 0 aliphatic rings. The van der Waals surface area contributed by atoms with E-state index in [0.717, 1.165) is 11.6 Å². The second kappa shape index (κ2) is 6.37. The summed E-state index contributed by atoms with van der Waals surface area (Å²) in [5.41, 5.74) is 1.71. The molecule has 0 saturated heterocycles. The molecule has 0 aliphatic heterocycles. The van der Waals surface area contributed by atoms with Crippen LogP contribution in [0.5, 0.6) is 5.75 Å². The molecule has 0 aromatic heterocycles. The third-order valence-electron chi connectivity index (χ3n) is 3.45. The molecule has 0 aliphatic carbocycles. The maximum absolute atomic E-state index is 12.6. The Bertz CT molecular complexity index is 859. The molecule has 0 heterocycles. The van der Waals surface area contributed by atoms with Gasteiger partial charge in [-0.2, -0.15) is 8.42 Å². The molecule has 0 radical (unpaired) electrons. The maximum atomic E-state index is 12.6. The molecule has 0 spiro atoms. The summed E-state index contributed by atoms with van der Waals surface area (Å²) in [5.74, 6) is 0.221. The predicted octanol–water partition coefficient (Wildman–Crippen LogP) is 3.54. The van der Waals surface area contributed by atoms with Crippen LogP contribution >= 0.6 is 0 Å². The zero-order valence-electron chi connectivity index (χ0n) is 13.1. The van der Waals surface area contributed by atoms with E-state index in [1.165, 1.54) is 12.1 Å². The Morgan fingerprint density at radius 2 is 1.83 bits per heavy atom. The zero-order chi connectivity index (χ0) is 17.2. The Morgan fingerprint density at radius 1 is 1.13 bits per heavy atom. The number of rotatable bonds is 5. The summed E-state index contributed by atoms with van der Waals surface area (Å²) in [6.07, 6.45) is 0.419. The van der Waals surface area contributed by atoms with Crippen LogP contribution < -0.4 is 4.18 Å². The third-order valence-corrected chi connectivity index (χ3v) is 4.77. The second-order valence-corrected chi connectivity index (χ2v) is 6.72. The number of non-ortho nitro benzene ring substituents is 1. The highest BCUT2D eigenvalue weighted by molar-refractivity contribution is 7.87. The van der Waals surface area contributed by atoms with E-state index < -0.39 is 15.0 Å². The first-order valence-electron chi connectivity index (χ1n) is 7.03. The average Bonchev–Trinajstić information content (AvgIpc) is 2.50. The summed E-state index contributed by atoms with van der Waals surface area (Å²) >= 11 is 0. The van der Waals surface area contributed by atoms with Crippen molar-refractivity contribution in [3.05, 3.63) is 63.2 Å². The molecule has 0 unspecified atom stereocenters. The highest BCUT2D eigenvalue weighted by atomic mass is 32.2. The summed E-state index contributed by atoms with van der Waals surface area (Å²) in [4.78, 5) is 10.1. The van der Waals surface area contributed by atoms with Gasteiger partial charge in [0.2, 0.25) is 0 Å². The van der Waals surface area contributed by atoms with Gasteiger partial charge in [-0.1, -0.05) is 25.1 Å². The standard InChI is InChI=1S/C16H17NO5S/c1-4-13-7-8-14(17(18)19)10-16(13)23(20,21)22-15-9-11(2)5-6-12(15)3/h5-10H,4H2,1-3H3. The van der Waals surface area contributed by atoms with Crippen molar-refractivity contribution in [2.75, 3.05) is 0 Å². The number of nitro benzene ring substituents is 1. The minimum Gasteiger partial charge on any atom is -0.379 e. The largest absolute Gasteiger partial charge is 0.379 e. The van der Waals surface area contributed by atoms with E-state index in [2.05, 4.69) is 0 Å². The van der Waals surface area contributed by atoms with Crippen LogP contribution in [0.25, 0.3) is 0 Å². The van der Waals surface area contributed by atoms with Crippen LogP contribution in [0, 0.1) is 24.0 Å². The number of hydrogen-bond acceptors (Lipinski definition) is 5. The Morgan fingerprint density at radius 3 is 2.43 bits per heavy atom. The summed E-state index contributed by atoms with van der Waals surface area (Å²) in [5, 5.41) is 10.9. The molecule has 0 bridgehead atoms. The van der Waals surface area contributed by atoms with E-state index in [4.69, 9.17) is 4.18 Å². The van der Waals surface area contributed by atoms with Gasteiger partial charge in [0.15, 0.2) is 0 Å². The lowest BCUT2D eigenvalue weighted by Gasteiger charge is -2.12. The van der Waals surface area contributed by atoms with E-state index >= 15 is 0 Å². The summed E-state index contributed by atoms with van der Waals surface area (Å²) in [7, 11) is -4.16. The van der Waals surface area contributed by atoms with Gasteiger partial charge in [-0.25, -0.2) is 0 Å². The molecule has 7 heteroatoms. The average molecular weight is 335 g/mol. The van der Waals surface area contributed by atoms with Gasteiger partial charge in [-0.05, 0) is 43.0 Å². The fourth-order valence-electron chi connectivity index (χ4n) is 2.14. The van der Waals surface area contributed by atoms with Crippen molar-refractivity contribution in [3.63, 3.8) is 0 Å². The topological polar surface area (TPSA) is 86.5 Å². The molecule has 23 heavy (non-hydrogen) atoms. The van der Waals surface area contributed by atoms with E-state index in [9.17, 15) is 18.5 Å². The monoisotopic (exact) mass is 335 g/mol. The van der Waals surface area contributed by atoms with Crippen molar-refractivity contribution in [1.82, 2.24) is 0 Å². The smallest absolute Gasteiger partial charge is 0.339 e. The zero-order valence-corrected chi connectivity index (χ0v) is 13.9. The van der Waals surface area contributed by atoms with Crippen molar-refractivity contribution < 1.29 is 17.5 Å². The van der Waals surface area contributed by atoms with Gasteiger partial charge in [0.05, 0.1) is 4.92 Å². The summed E-state index contributed by atoms with van der Waals surface area (Å²) in [6.45, 7) is 5.33. The van der Waals surface area contributed by atoms with Crippen molar-refractivity contribution in [2.45, 2.75) is 32.1 Å². The van der Waals surface area contributed by atoms with E-state index in [0.29, 0.717) is 17.5 Å². The van der Waals surface area contributed by atoms with Crippen molar-refractivity contribution in [3.8, 4) is 5.75 Å². The van der Waals surface area contributed by atoms with Gasteiger partial charge in [-0.15, -0.1) is 0 Å². The first-order valence-corrected chi connectivity index (χ1v) is 8.44. The van der Waals surface area contributed by atoms with Gasteiger partial charge in [0.25, 0.3) is 5.69 Å². The molecule has 6 nitrogen and oxygen atoms in total. The molecule has 0 atom stereocenters. The highest BCUT2D eigenvalue weighted by Crippen LogP contribution is 2.28. The van der Waals surface area contributed by atoms with Crippen molar-refractivity contribution in [1.29, 1.82) is 0 Å². The van der Waals surface area contributed by atoms with E-state index in [1.807, 2.05) is 13.0 Å². The van der Waals surface area contributed by atoms with E-state index in [1.54, 1.807) is 26.0 Å². The number of aryl methyl sites for hydroxylation is 3. The highest BCUT2D eigenvalue weighted by Gasteiger charge is 2.24. The lowest BCUT2D eigenvalue weighted by molar-refractivity contribution is -0.385. The molecule has 0 N–H and O–H groups in total.